The van der Waals surface area contributed by atoms with Crippen molar-refractivity contribution in [2.24, 2.45) is 5.10 Å². The molecule has 0 spiro atoms. The fraction of sp³-hybridized carbons (Fsp3) is 0.0909. The molecular weight excluding hydrogens is 516 g/mol. The van der Waals surface area contributed by atoms with Crippen LogP contribution in [0.4, 0.5) is 0 Å². The SMILES string of the molecule is COc1cc(/C=N\NC(=O)c2ccccc2O)cc(Br)c1OCc1ccc(Br)cc1. The van der Waals surface area contributed by atoms with Crippen LogP contribution in [0.25, 0.3) is 0 Å². The van der Waals surface area contributed by atoms with Crippen molar-refractivity contribution in [2.75, 3.05) is 7.11 Å². The lowest BCUT2D eigenvalue weighted by atomic mass is 10.2. The van der Waals surface area contributed by atoms with Gasteiger partial charge in [-0.25, -0.2) is 5.43 Å². The Bertz CT molecular complexity index is 1070. The van der Waals surface area contributed by atoms with E-state index in [1.807, 2.05) is 24.3 Å². The summed E-state index contributed by atoms with van der Waals surface area (Å²) < 4.78 is 13.1. The molecular formula is C22H18Br2N2O4. The molecule has 30 heavy (non-hydrogen) atoms. The van der Waals surface area contributed by atoms with Crippen LogP contribution < -0.4 is 14.9 Å². The highest BCUT2D eigenvalue weighted by molar-refractivity contribution is 9.10. The molecule has 0 heterocycles. The van der Waals surface area contributed by atoms with Gasteiger partial charge in [0.15, 0.2) is 11.5 Å². The summed E-state index contributed by atoms with van der Waals surface area (Å²) >= 11 is 6.91. The zero-order valence-corrected chi connectivity index (χ0v) is 19.1. The number of phenolic OH excluding ortho intramolecular Hbond substituents is 1. The van der Waals surface area contributed by atoms with Crippen LogP contribution in [-0.2, 0) is 6.61 Å². The van der Waals surface area contributed by atoms with Gasteiger partial charge >= 0.3 is 0 Å². The number of hydrogen-bond acceptors (Lipinski definition) is 5. The van der Waals surface area contributed by atoms with Crippen LogP contribution >= 0.6 is 31.9 Å². The highest BCUT2D eigenvalue weighted by atomic mass is 79.9. The van der Waals surface area contributed by atoms with E-state index in [-0.39, 0.29) is 11.3 Å². The van der Waals surface area contributed by atoms with Crippen LogP contribution in [0, 0.1) is 0 Å². The topological polar surface area (TPSA) is 80.2 Å². The number of phenols is 1. The summed E-state index contributed by atoms with van der Waals surface area (Å²) in [5, 5.41) is 13.7. The minimum absolute atomic E-state index is 0.109. The van der Waals surface area contributed by atoms with Gasteiger partial charge in [-0.1, -0.05) is 40.2 Å². The molecule has 154 valence electrons. The molecule has 0 bridgehead atoms. The number of nitrogens with zero attached hydrogens (tertiary/aromatic N) is 1. The van der Waals surface area contributed by atoms with Crippen molar-refractivity contribution in [3.8, 4) is 17.2 Å². The molecule has 3 aromatic carbocycles. The van der Waals surface area contributed by atoms with Crippen molar-refractivity contribution in [1.29, 1.82) is 0 Å². The fourth-order valence-electron chi connectivity index (χ4n) is 2.58. The lowest BCUT2D eigenvalue weighted by Crippen LogP contribution is -2.17. The minimum atomic E-state index is -0.509. The van der Waals surface area contributed by atoms with Crippen LogP contribution in [0.15, 0.2) is 74.7 Å². The van der Waals surface area contributed by atoms with Gasteiger partial charge in [-0.2, -0.15) is 5.10 Å². The second-order valence-corrected chi connectivity index (χ2v) is 7.94. The third-order valence-electron chi connectivity index (χ3n) is 4.08. The number of rotatable bonds is 7. The van der Waals surface area contributed by atoms with E-state index in [4.69, 9.17) is 9.47 Å². The average molecular weight is 534 g/mol. The van der Waals surface area contributed by atoms with E-state index in [9.17, 15) is 9.90 Å². The third kappa shape index (κ3) is 5.61. The van der Waals surface area contributed by atoms with Crippen molar-refractivity contribution >= 4 is 44.0 Å². The Hall–Kier alpha value is -2.84. The molecule has 0 unspecified atom stereocenters. The summed E-state index contributed by atoms with van der Waals surface area (Å²) in [5.74, 6) is 0.470. The molecule has 0 aliphatic rings. The highest BCUT2D eigenvalue weighted by Crippen LogP contribution is 2.37. The molecule has 0 aliphatic carbocycles. The maximum absolute atomic E-state index is 12.1. The number of aromatic hydroxyl groups is 1. The normalized spacial score (nSPS) is 10.8. The summed E-state index contributed by atoms with van der Waals surface area (Å²) in [5.41, 5.74) is 4.24. The number of methoxy groups -OCH3 is 1. The standard InChI is InChI=1S/C22H18Br2N2O4/c1-29-20-11-15(12-25-26-22(28)17-4-2-3-5-19(17)27)10-18(24)21(20)30-13-14-6-8-16(23)9-7-14/h2-12,27H,13H2,1H3,(H,26,28)/b25-12-. The van der Waals surface area contributed by atoms with E-state index in [1.165, 1.54) is 18.3 Å². The molecule has 1 amide bonds. The molecule has 0 aliphatic heterocycles. The van der Waals surface area contributed by atoms with Gasteiger partial charge in [0, 0.05) is 4.47 Å². The molecule has 0 saturated heterocycles. The number of nitrogens with one attached hydrogen (secondary N) is 1. The summed E-state index contributed by atoms with van der Waals surface area (Å²) in [7, 11) is 1.55. The zero-order valence-electron chi connectivity index (χ0n) is 15.9. The molecule has 3 aromatic rings. The fourth-order valence-corrected chi connectivity index (χ4v) is 3.42. The van der Waals surface area contributed by atoms with E-state index in [1.54, 1.807) is 31.4 Å². The van der Waals surface area contributed by atoms with Crippen LogP contribution in [-0.4, -0.2) is 24.3 Å². The number of para-hydroxylation sites is 1. The Kier molecular flexibility index (Phi) is 7.48. The number of hydrazone groups is 1. The summed E-state index contributed by atoms with van der Waals surface area (Å²) in [6.45, 7) is 0.381. The van der Waals surface area contributed by atoms with E-state index in [0.29, 0.717) is 28.1 Å². The smallest absolute Gasteiger partial charge is 0.275 e. The maximum atomic E-state index is 12.1. The van der Waals surface area contributed by atoms with Crippen molar-refractivity contribution < 1.29 is 19.4 Å². The van der Waals surface area contributed by atoms with E-state index >= 15 is 0 Å². The van der Waals surface area contributed by atoms with E-state index < -0.39 is 5.91 Å². The molecule has 8 heteroatoms. The van der Waals surface area contributed by atoms with Gasteiger partial charge < -0.3 is 14.6 Å². The molecule has 0 atom stereocenters. The lowest BCUT2D eigenvalue weighted by Gasteiger charge is -2.13. The second kappa shape index (κ2) is 10.3. The first-order valence-electron chi connectivity index (χ1n) is 8.84. The van der Waals surface area contributed by atoms with Gasteiger partial charge in [-0.05, 0) is 63.5 Å². The van der Waals surface area contributed by atoms with Crippen LogP contribution in [0.2, 0.25) is 0 Å². The maximum Gasteiger partial charge on any atom is 0.275 e. The van der Waals surface area contributed by atoms with Gasteiger partial charge in [0.2, 0.25) is 0 Å². The zero-order chi connectivity index (χ0) is 21.5. The number of hydrogen-bond donors (Lipinski definition) is 2. The molecule has 0 aromatic heterocycles. The van der Waals surface area contributed by atoms with Crippen LogP contribution in [0.1, 0.15) is 21.5 Å². The number of halogens is 2. The predicted molar refractivity (Wildman–Crippen MR) is 122 cm³/mol. The summed E-state index contributed by atoms with van der Waals surface area (Å²) in [6, 6.07) is 17.6. The van der Waals surface area contributed by atoms with Crippen LogP contribution in [0.5, 0.6) is 17.2 Å². The Labute approximate surface area is 190 Å². The van der Waals surface area contributed by atoms with E-state index in [0.717, 1.165) is 10.0 Å². The highest BCUT2D eigenvalue weighted by Gasteiger charge is 2.12. The van der Waals surface area contributed by atoms with Crippen LogP contribution in [0.3, 0.4) is 0 Å². The number of carbonyl (C=O) groups is 1. The van der Waals surface area contributed by atoms with Crippen molar-refractivity contribution in [3.63, 3.8) is 0 Å². The Balaban J connectivity index is 1.70. The molecule has 6 nitrogen and oxygen atoms in total. The van der Waals surface area contributed by atoms with Gasteiger partial charge in [-0.15, -0.1) is 0 Å². The molecule has 3 rings (SSSR count). The number of amides is 1. The minimum Gasteiger partial charge on any atom is -0.507 e. The quantitative estimate of drug-likeness (QED) is 0.320. The summed E-state index contributed by atoms with van der Waals surface area (Å²) in [6.07, 6.45) is 1.48. The average Bonchev–Trinajstić information content (AvgIpc) is 2.74. The number of carbonyl (C=O) groups excluding carboxylic acids is 1. The van der Waals surface area contributed by atoms with Gasteiger partial charge in [0.25, 0.3) is 5.91 Å². The van der Waals surface area contributed by atoms with Gasteiger partial charge in [0.1, 0.15) is 12.4 Å². The first-order chi connectivity index (χ1) is 14.5. The predicted octanol–water partition coefficient (Wildman–Crippen LogP) is 5.27. The lowest BCUT2D eigenvalue weighted by molar-refractivity contribution is 0.0952. The number of benzene rings is 3. The first-order valence-corrected chi connectivity index (χ1v) is 10.4. The second-order valence-electron chi connectivity index (χ2n) is 6.17. The molecule has 0 saturated carbocycles. The van der Waals surface area contributed by atoms with Crippen molar-refractivity contribution in [2.45, 2.75) is 6.61 Å². The first kappa shape index (κ1) is 21.9. The monoisotopic (exact) mass is 532 g/mol. The summed E-state index contributed by atoms with van der Waals surface area (Å²) in [4.78, 5) is 12.1. The third-order valence-corrected chi connectivity index (χ3v) is 5.19. The van der Waals surface area contributed by atoms with Crippen molar-refractivity contribution in [1.82, 2.24) is 5.43 Å². The van der Waals surface area contributed by atoms with E-state index in [2.05, 4.69) is 42.4 Å². The Morgan fingerprint density at radius 1 is 1.13 bits per heavy atom. The van der Waals surface area contributed by atoms with Gasteiger partial charge in [-0.3, -0.25) is 4.79 Å². The van der Waals surface area contributed by atoms with Crippen molar-refractivity contribution in [3.05, 3.63) is 86.3 Å². The Morgan fingerprint density at radius 2 is 1.87 bits per heavy atom. The molecule has 0 radical (unpaired) electrons. The Morgan fingerprint density at radius 3 is 2.57 bits per heavy atom. The number of ether oxygens (including phenoxy) is 2. The van der Waals surface area contributed by atoms with Gasteiger partial charge in [0.05, 0.1) is 23.4 Å². The molecule has 0 fully saturated rings. The largest absolute Gasteiger partial charge is 0.507 e. The molecule has 2 N–H and O–H groups in total.